The van der Waals surface area contributed by atoms with Crippen LogP contribution >= 0.6 is 27.3 Å². The molecule has 0 saturated heterocycles. The van der Waals surface area contributed by atoms with E-state index in [1.54, 1.807) is 11.3 Å². The molecule has 0 aliphatic heterocycles. The van der Waals surface area contributed by atoms with E-state index in [1.807, 2.05) is 25.1 Å². The second-order valence-electron chi connectivity index (χ2n) is 5.59. The quantitative estimate of drug-likeness (QED) is 0.716. The molecule has 2 aromatic rings. The highest BCUT2D eigenvalue weighted by atomic mass is 79.9. The van der Waals surface area contributed by atoms with Gasteiger partial charge in [-0.1, -0.05) is 22.4 Å². The summed E-state index contributed by atoms with van der Waals surface area (Å²) < 4.78 is 0.986. The number of amides is 1. The molecule has 0 spiro atoms. The van der Waals surface area contributed by atoms with Crippen LogP contribution in [0, 0.1) is 6.92 Å². The lowest BCUT2D eigenvalue weighted by Gasteiger charge is -2.05. The molecule has 1 aliphatic carbocycles. The smallest absolute Gasteiger partial charge is 0.265 e. The minimum Gasteiger partial charge on any atom is -0.321 e. The van der Waals surface area contributed by atoms with Crippen molar-refractivity contribution in [2.45, 2.75) is 39.0 Å². The van der Waals surface area contributed by atoms with Crippen molar-refractivity contribution in [3.05, 3.63) is 49.6 Å². The number of aryl methyl sites for hydroxylation is 3. The van der Waals surface area contributed by atoms with Crippen molar-refractivity contribution in [2.24, 2.45) is 0 Å². The molecule has 1 aromatic carbocycles. The van der Waals surface area contributed by atoms with E-state index in [-0.39, 0.29) is 5.91 Å². The molecule has 2 nitrogen and oxygen atoms in total. The maximum atomic E-state index is 12.4. The predicted octanol–water partition coefficient (Wildman–Crippen LogP) is 5.34. The van der Waals surface area contributed by atoms with Crippen molar-refractivity contribution in [1.82, 2.24) is 0 Å². The molecule has 4 heteroatoms. The summed E-state index contributed by atoms with van der Waals surface area (Å²) in [6.45, 7) is 2.02. The summed E-state index contributed by atoms with van der Waals surface area (Å²) in [6.07, 6.45) is 6.05. The van der Waals surface area contributed by atoms with Gasteiger partial charge in [-0.15, -0.1) is 11.3 Å². The van der Waals surface area contributed by atoms with Gasteiger partial charge in [-0.25, -0.2) is 0 Å². The third-order valence-corrected chi connectivity index (χ3v) is 5.46. The van der Waals surface area contributed by atoms with Gasteiger partial charge in [0.1, 0.15) is 0 Å². The largest absolute Gasteiger partial charge is 0.321 e. The van der Waals surface area contributed by atoms with Crippen molar-refractivity contribution in [3.8, 4) is 0 Å². The Hall–Kier alpha value is -1.13. The van der Waals surface area contributed by atoms with Gasteiger partial charge in [-0.05, 0) is 68.0 Å². The normalized spacial score (nSPS) is 14.4. The number of carbonyl (C=O) groups excluding carboxylic acids is 1. The lowest BCUT2D eigenvalue weighted by atomic mass is 10.1. The van der Waals surface area contributed by atoms with E-state index < -0.39 is 0 Å². The van der Waals surface area contributed by atoms with E-state index in [0.717, 1.165) is 33.4 Å². The van der Waals surface area contributed by atoms with E-state index in [2.05, 4.69) is 27.3 Å². The van der Waals surface area contributed by atoms with Crippen LogP contribution in [0.25, 0.3) is 0 Å². The number of nitrogens with one attached hydrogen (secondary N) is 1. The Bertz CT molecular complexity index is 634. The summed E-state index contributed by atoms with van der Waals surface area (Å²) >= 11 is 5.13. The van der Waals surface area contributed by atoms with Crippen LogP contribution in [0.4, 0.5) is 5.69 Å². The zero-order chi connectivity index (χ0) is 14.8. The molecule has 0 fully saturated rings. The number of carbonyl (C=O) groups is 1. The van der Waals surface area contributed by atoms with Crippen molar-refractivity contribution < 1.29 is 4.79 Å². The molecular formula is C17H18BrNOS. The molecule has 0 saturated carbocycles. The van der Waals surface area contributed by atoms with Crippen LogP contribution in [0.1, 0.15) is 44.9 Å². The molecule has 1 aliphatic rings. The first-order valence-electron chi connectivity index (χ1n) is 7.32. The van der Waals surface area contributed by atoms with Crippen molar-refractivity contribution in [1.29, 1.82) is 0 Å². The van der Waals surface area contributed by atoms with E-state index in [4.69, 9.17) is 0 Å². The standard InChI is InChI=1S/C17H18BrNOS/c1-11-7-13(18)10-14(8-11)19-17(20)16-9-12-5-3-2-4-6-15(12)21-16/h7-10H,2-6H2,1H3,(H,19,20). The summed E-state index contributed by atoms with van der Waals surface area (Å²) in [4.78, 5) is 14.7. The van der Waals surface area contributed by atoms with Crippen LogP contribution < -0.4 is 5.32 Å². The maximum absolute atomic E-state index is 12.4. The lowest BCUT2D eigenvalue weighted by Crippen LogP contribution is -2.10. The maximum Gasteiger partial charge on any atom is 0.265 e. The zero-order valence-corrected chi connectivity index (χ0v) is 14.4. The third kappa shape index (κ3) is 3.55. The van der Waals surface area contributed by atoms with Gasteiger partial charge < -0.3 is 5.32 Å². The highest BCUT2D eigenvalue weighted by Gasteiger charge is 2.16. The van der Waals surface area contributed by atoms with Crippen LogP contribution in [0.5, 0.6) is 0 Å². The number of rotatable bonds is 2. The van der Waals surface area contributed by atoms with E-state index >= 15 is 0 Å². The van der Waals surface area contributed by atoms with E-state index in [1.165, 1.54) is 29.7 Å². The molecule has 110 valence electrons. The Kier molecular flexibility index (Phi) is 4.45. The number of anilines is 1. The zero-order valence-electron chi connectivity index (χ0n) is 12.0. The first-order valence-corrected chi connectivity index (χ1v) is 8.93. The molecule has 21 heavy (non-hydrogen) atoms. The summed E-state index contributed by atoms with van der Waals surface area (Å²) in [5.74, 6) is 0.00516. The molecule has 1 aromatic heterocycles. The fraction of sp³-hybridized carbons (Fsp3) is 0.353. The molecule has 0 unspecified atom stereocenters. The number of hydrogen-bond acceptors (Lipinski definition) is 2. The fourth-order valence-electron chi connectivity index (χ4n) is 2.78. The highest BCUT2D eigenvalue weighted by Crippen LogP contribution is 2.29. The highest BCUT2D eigenvalue weighted by molar-refractivity contribution is 9.10. The Morgan fingerprint density at radius 3 is 2.76 bits per heavy atom. The second-order valence-corrected chi connectivity index (χ2v) is 7.64. The number of halogens is 1. The average molecular weight is 364 g/mol. The summed E-state index contributed by atoms with van der Waals surface area (Å²) in [7, 11) is 0. The van der Waals surface area contributed by atoms with E-state index in [0.29, 0.717) is 0 Å². The molecular weight excluding hydrogens is 346 g/mol. The Labute approximate surface area is 137 Å². The van der Waals surface area contributed by atoms with Crippen molar-refractivity contribution in [3.63, 3.8) is 0 Å². The molecule has 0 atom stereocenters. The topological polar surface area (TPSA) is 29.1 Å². The van der Waals surface area contributed by atoms with Gasteiger partial charge in [0.2, 0.25) is 0 Å². The fourth-order valence-corrected chi connectivity index (χ4v) is 4.54. The summed E-state index contributed by atoms with van der Waals surface area (Å²) in [5.41, 5.74) is 3.35. The predicted molar refractivity (Wildman–Crippen MR) is 92.4 cm³/mol. The minimum atomic E-state index is 0.00516. The molecule has 0 bridgehead atoms. The van der Waals surface area contributed by atoms with Gasteiger partial charge in [0, 0.05) is 15.0 Å². The first kappa shape index (κ1) is 14.8. The van der Waals surface area contributed by atoms with E-state index in [9.17, 15) is 4.79 Å². The van der Waals surface area contributed by atoms with Crippen LogP contribution in [-0.2, 0) is 12.8 Å². The Balaban J connectivity index is 1.79. The summed E-state index contributed by atoms with van der Waals surface area (Å²) in [5, 5.41) is 3.01. The molecule has 0 radical (unpaired) electrons. The second kappa shape index (κ2) is 6.32. The van der Waals surface area contributed by atoms with Crippen LogP contribution in [-0.4, -0.2) is 5.91 Å². The Morgan fingerprint density at radius 1 is 1.14 bits per heavy atom. The van der Waals surface area contributed by atoms with Crippen LogP contribution in [0.15, 0.2) is 28.7 Å². The monoisotopic (exact) mass is 363 g/mol. The SMILES string of the molecule is Cc1cc(Br)cc(NC(=O)c2cc3c(s2)CCCCC3)c1. The first-order chi connectivity index (χ1) is 10.1. The van der Waals surface area contributed by atoms with Gasteiger partial charge in [-0.3, -0.25) is 4.79 Å². The lowest BCUT2D eigenvalue weighted by molar-refractivity contribution is 0.103. The number of benzene rings is 1. The molecule has 1 N–H and O–H groups in total. The van der Waals surface area contributed by atoms with Crippen LogP contribution in [0.3, 0.4) is 0 Å². The number of hydrogen-bond donors (Lipinski definition) is 1. The van der Waals surface area contributed by atoms with Gasteiger partial charge in [0.15, 0.2) is 0 Å². The van der Waals surface area contributed by atoms with Crippen molar-refractivity contribution >= 4 is 38.9 Å². The Morgan fingerprint density at radius 2 is 1.95 bits per heavy atom. The summed E-state index contributed by atoms with van der Waals surface area (Å²) in [6, 6.07) is 8.04. The van der Waals surface area contributed by atoms with Gasteiger partial charge in [-0.2, -0.15) is 0 Å². The van der Waals surface area contributed by atoms with Crippen LogP contribution in [0.2, 0.25) is 0 Å². The molecule has 3 rings (SSSR count). The minimum absolute atomic E-state index is 0.00516. The van der Waals surface area contributed by atoms with Crippen molar-refractivity contribution in [2.75, 3.05) is 5.32 Å². The average Bonchev–Trinajstić information content (AvgIpc) is 2.69. The number of fused-ring (bicyclic) bond motifs is 1. The number of thiophene rings is 1. The van der Waals surface area contributed by atoms with Gasteiger partial charge in [0.05, 0.1) is 4.88 Å². The van der Waals surface area contributed by atoms with Gasteiger partial charge >= 0.3 is 0 Å². The molecule has 1 amide bonds. The molecule has 1 heterocycles. The third-order valence-electron chi connectivity index (χ3n) is 3.77. The van der Waals surface area contributed by atoms with Gasteiger partial charge in [0.25, 0.3) is 5.91 Å².